The summed E-state index contributed by atoms with van der Waals surface area (Å²) in [4.78, 5) is 3.60. The molecule has 0 saturated carbocycles. The van der Waals surface area contributed by atoms with E-state index in [9.17, 15) is 8.42 Å². The first-order valence-electron chi connectivity index (χ1n) is 4.37. The summed E-state index contributed by atoms with van der Waals surface area (Å²) < 4.78 is 29.3. The van der Waals surface area contributed by atoms with Crippen molar-refractivity contribution in [1.82, 2.24) is 9.71 Å². The zero-order chi connectivity index (χ0) is 11.6. The van der Waals surface area contributed by atoms with E-state index in [1.807, 2.05) is 0 Å². The van der Waals surface area contributed by atoms with Crippen LogP contribution in [0.3, 0.4) is 0 Å². The van der Waals surface area contributed by atoms with Crippen LogP contribution in [0.25, 0.3) is 0 Å². The highest BCUT2D eigenvalue weighted by Crippen LogP contribution is 2.17. The molecule has 84 valence electrons. The van der Waals surface area contributed by atoms with Crippen molar-refractivity contribution in [3.8, 4) is 0 Å². The van der Waals surface area contributed by atoms with Gasteiger partial charge in [0.05, 0.1) is 11.9 Å². The molecule has 7 heteroatoms. The van der Waals surface area contributed by atoms with Gasteiger partial charge in [0.25, 0.3) is 0 Å². The summed E-state index contributed by atoms with van der Waals surface area (Å²) in [6.45, 7) is 0. The van der Waals surface area contributed by atoms with E-state index < -0.39 is 10.1 Å². The molecule has 2 rings (SSSR count). The van der Waals surface area contributed by atoms with Gasteiger partial charge in [-0.1, -0.05) is 12.1 Å². The third-order valence-corrected chi connectivity index (χ3v) is 3.13. The summed E-state index contributed by atoms with van der Waals surface area (Å²) in [6.07, 6.45) is 4.01. The molecular formula is C9H9N3O3S. The third kappa shape index (κ3) is 1.98. The maximum absolute atomic E-state index is 11.8. The molecule has 0 bridgehead atoms. The lowest BCUT2D eigenvalue weighted by atomic mass is 10.3. The van der Waals surface area contributed by atoms with E-state index in [4.69, 9.17) is 10.0 Å². The van der Waals surface area contributed by atoms with Gasteiger partial charge >= 0.3 is 10.1 Å². The van der Waals surface area contributed by atoms with Crippen molar-refractivity contribution in [3.63, 3.8) is 0 Å². The van der Waals surface area contributed by atoms with Crippen molar-refractivity contribution >= 4 is 15.8 Å². The van der Waals surface area contributed by atoms with Crippen molar-refractivity contribution in [1.29, 1.82) is 0 Å². The first-order chi connectivity index (χ1) is 7.59. The Balaban J connectivity index is 2.37. The normalized spacial score (nSPS) is 11.2. The van der Waals surface area contributed by atoms with Gasteiger partial charge < -0.3 is 5.73 Å². The molecule has 0 aliphatic rings. The van der Waals surface area contributed by atoms with Crippen LogP contribution in [0.5, 0.6) is 0 Å². The molecule has 2 N–H and O–H groups in total. The Kier molecular flexibility index (Phi) is 2.53. The minimum absolute atomic E-state index is 0.0660. The molecule has 0 atom stereocenters. The van der Waals surface area contributed by atoms with Gasteiger partial charge in [0.2, 0.25) is 0 Å². The molecule has 0 aliphatic heterocycles. The zero-order valence-electron chi connectivity index (χ0n) is 8.15. The Morgan fingerprint density at radius 2 is 2.06 bits per heavy atom. The second-order valence-electron chi connectivity index (χ2n) is 2.99. The first-order valence-corrected chi connectivity index (χ1v) is 5.78. The van der Waals surface area contributed by atoms with Crippen molar-refractivity contribution in [3.05, 3.63) is 43.0 Å². The van der Waals surface area contributed by atoms with Gasteiger partial charge in [0.1, 0.15) is 11.2 Å². The van der Waals surface area contributed by atoms with E-state index in [1.165, 1.54) is 30.9 Å². The fraction of sp³-hybridized carbons (Fsp3) is 0. The number of hydrogen-bond donors (Lipinski definition) is 1. The lowest BCUT2D eigenvalue weighted by Crippen LogP contribution is -2.20. The van der Waals surface area contributed by atoms with Crippen LogP contribution in [-0.2, 0) is 10.1 Å². The van der Waals surface area contributed by atoms with Crippen LogP contribution in [0.1, 0.15) is 0 Å². The van der Waals surface area contributed by atoms with Crippen LogP contribution in [0.2, 0.25) is 0 Å². The molecule has 0 saturated heterocycles. The van der Waals surface area contributed by atoms with E-state index in [-0.39, 0.29) is 10.6 Å². The van der Waals surface area contributed by atoms with E-state index in [1.54, 1.807) is 12.1 Å². The second-order valence-corrected chi connectivity index (χ2v) is 4.49. The first kappa shape index (κ1) is 10.5. The minimum atomic E-state index is -3.92. The topological polar surface area (TPSA) is 87.2 Å². The lowest BCUT2D eigenvalue weighted by molar-refractivity contribution is 0.279. The van der Waals surface area contributed by atoms with Gasteiger partial charge in [-0.2, -0.15) is 13.1 Å². The molecule has 2 aromatic rings. The van der Waals surface area contributed by atoms with Crippen LogP contribution in [-0.4, -0.2) is 18.1 Å². The fourth-order valence-corrected chi connectivity index (χ4v) is 2.15. The van der Waals surface area contributed by atoms with Crippen molar-refractivity contribution in [2.75, 3.05) is 5.73 Å². The van der Waals surface area contributed by atoms with Crippen LogP contribution in [0, 0.1) is 0 Å². The van der Waals surface area contributed by atoms with Crippen molar-refractivity contribution < 1.29 is 12.7 Å². The highest BCUT2D eigenvalue weighted by molar-refractivity contribution is 7.87. The maximum atomic E-state index is 11.8. The molecule has 16 heavy (non-hydrogen) atoms. The minimum Gasteiger partial charge on any atom is -0.398 e. The van der Waals surface area contributed by atoms with Gasteiger partial charge in [-0.15, -0.1) is 0 Å². The molecule has 1 heterocycles. The summed E-state index contributed by atoms with van der Waals surface area (Å²) in [5, 5.41) is 0. The molecule has 1 aromatic carbocycles. The maximum Gasteiger partial charge on any atom is 0.359 e. The number of nitrogens with zero attached hydrogens (tertiary/aromatic N) is 2. The molecular weight excluding hydrogens is 230 g/mol. The molecule has 0 fully saturated rings. The number of imidazole rings is 1. The summed E-state index contributed by atoms with van der Waals surface area (Å²) in [5.74, 6) is 0. The quantitative estimate of drug-likeness (QED) is 0.777. The largest absolute Gasteiger partial charge is 0.398 e. The van der Waals surface area contributed by atoms with E-state index >= 15 is 0 Å². The summed E-state index contributed by atoms with van der Waals surface area (Å²) in [5.41, 5.74) is 5.69. The molecule has 0 amide bonds. The highest BCUT2D eigenvalue weighted by Gasteiger charge is 2.19. The Morgan fingerprint density at radius 3 is 2.69 bits per heavy atom. The molecule has 0 unspecified atom stereocenters. The number of para-hydroxylation sites is 1. The number of aromatic nitrogens is 2. The van der Waals surface area contributed by atoms with Crippen molar-refractivity contribution in [2.45, 2.75) is 4.90 Å². The Morgan fingerprint density at radius 1 is 1.31 bits per heavy atom. The van der Waals surface area contributed by atoms with E-state index in [2.05, 4.69) is 4.98 Å². The Hall–Kier alpha value is -2.02. The zero-order valence-corrected chi connectivity index (χ0v) is 8.96. The number of hydrogen-bond acceptors (Lipinski definition) is 5. The van der Waals surface area contributed by atoms with Gasteiger partial charge in [-0.25, -0.2) is 4.98 Å². The van der Waals surface area contributed by atoms with Crippen LogP contribution in [0.4, 0.5) is 5.69 Å². The van der Waals surface area contributed by atoms with Crippen LogP contribution >= 0.6 is 0 Å². The van der Waals surface area contributed by atoms with E-state index in [0.717, 1.165) is 4.73 Å². The molecule has 0 radical (unpaired) electrons. The summed E-state index contributed by atoms with van der Waals surface area (Å²) in [7, 11) is -3.92. The Labute approximate surface area is 92.4 Å². The average molecular weight is 239 g/mol. The van der Waals surface area contributed by atoms with Gasteiger partial charge in [0.15, 0.2) is 0 Å². The van der Waals surface area contributed by atoms with Gasteiger partial charge in [-0.3, -0.25) is 4.28 Å². The van der Waals surface area contributed by atoms with Crippen LogP contribution in [0.15, 0.2) is 47.9 Å². The second kappa shape index (κ2) is 3.86. The predicted octanol–water partition coefficient (Wildman–Crippen LogP) is 0.283. The summed E-state index contributed by atoms with van der Waals surface area (Å²) in [6, 6.07) is 6.08. The smallest absolute Gasteiger partial charge is 0.359 e. The highest BCUT2D eigenvalue weighted by atomic mass is 32.2. The van der Waals surface area contributed by atoms with Gasteiger partial charge in [0, 0.05) is 6.20 Å². The van der Waals surface area contributed by atoms with E-state index in [0.29, 0.717) is 0 Å². The summed E-state index contributed by atoms with van der Waals surface area (Å²) >= 11 is 0. The number of nitrogen functional groups attached to an aromatic ring is 1. The number of rotatable bonds is 3. The molecule has 0 aliphatic carbocycles. The number of anilines is 1. The molecule has 1 aromatic heterocycles. The van der Waals surface area contributed by atoms with Gasteiger partial charge in [-0.05, 0) is 12.1 Å². The van der Waals surface area contributed by atoms with Crippen molar-refractivity contribution in [2.24, 2.45) is 0 Å². The fourth-order valence-electron chi connectivity index (χ4n) is 1.15. The molecule has 0 spiro atoms. The number of benzene rings is 1. The van der Waals surface area contributed by atoms with Crippen LogP contribution < -0.4 is 10.0 Å². The SMILES string of the molecule is Nc1ccccc1S(=O)(=O)On1ccnc1. The standard InChI is InChI=1S/C9H9N3O3S/c10-8-3-1-2-4-9(8)16(13,14)15-12-6-5-11-7-12/h1-7H,10H2. The number of nitrogens with two attached hydrogens (primary N) is 1. The Bertz CT molecular complexity index is 578. The molecule has 6 nitrogen and oxygen atoms in total. The lowest BCUT2D eigenvalue weighted by Gasteiger charge is -2.07. The third-order valence-electron chi connectivity index (χ3n) is 1.85. The average Bonchev–Trinajstić information content (AvgIpc) is 2.70. The monoisotopic (exact) mass is 239 g/mol. The predicted molar refractivity (Wildman–Crippen MR) is 56.8 cm³/mol.